The van der Waals surface area contributed by atoms with Gasteiger partial charge in [-0.25, -0.2) is 0 Å². The van der Waals surface area contributed by atoms with Gasteiger partial charge < -0.3 is 15.0 Å². The van der Waals surface area contributed by atoms with E-state index >= 15 is 0 Å². The van der Waals surface area contributed by atoms with Gasteiger partial charge in [0.15, 0.2) is 0 Å². The van der Waals surface area contributed by atoms with Crippen molar-refractivity contribution < 1.29 is 9.26 Å². The third-order valence-electron chi connectivity index (χ3n) is 3.48. The van der Waals surface area contributed by atoms with E-state index in [1.165, 1.54) is 19.3 Å². The summed E-state index contributed by atoms with van der Waals surface area (Å²) in [4.78, 5) is 4.19. The Morgan fingerprint density at radius 1 is 1.35 bits per heavy atom. The highest BCUT2D eigenvalue weighted by atomic mass is 35.5. The van der Waals surface area contributed by atoms with Crippen LogP contribution in [0.4, 0.5) is 0 Å². The fraction of sp³-hybridized carbons (Fsp3) is 0.429. The molecule has 0 unspecified atom stereocenters. The van der Waals surface area contributed by atoms with Crippen LogP contribution in [0.1, 0.15) is 25.2 Å². The molecule has 1 aliphatic rings. The molecular weight excluding hydrogens is 278 g/mol. The van der Waals surface area contributed by atoms with E-state index in [0.717, 1.165) is 17.9 Å². The van der Waals surface area contributed by atoms with Crippen LogP contribution in [0, 0.1) is 5.92 Å². The minimum atomic E-state index is 0.221. The van der Waals surface area contributed by atoms with Gasteiger partial charge in [0.2, 0.25) is 11.7 Å². The predicted molar refractivity (Wildman–Crippen MR) is 75.5 cm³/mol. The molecule has 5 nitrogen and oxygen atoms in total. The van der Waals surface area contributed by atoms with Crippen LogP contribution in [0.3, 0.4) is 0 Å². The van der Waals surface area contributed by atoms with Crippen LogP contribution in [0.15, 0.2) is 22.7 Å². The van der Waals surface area contributed by atoms with Crippen LogP contribution in [0.2, 0.25) is 5.02 Å². The molecule has 2 N–H and O–H groups in total. The van der Waals surface area contributed by atoms with Crippen molar-refractivity contribution in [3.63, 3.8) is 0 Å². The van der Waals surface area contributed by atoms with Gasteiger partial charge in [-0.2, -0.15) is 4.98 Å². The standard InChI is InChI=1S/C14H16ClN3O2/c15-11-4-10(14-17-13(7-16)20-18-14)5-12(6-11)19-8-9-2-1-3-9/h4-6,9H,1-3,7-8,16H2. The van der Waals surface area contributed by atoms with Crippen LogP contribution >= 0.6 is 11.6 Å². The van der Waals surface area contributed by atoms with Gasteiger partial charge in [-0.15, -0.1) is 0 Å². The molecule has 1 aromatic carbocycles. The van der Waals surface area contributed by atoms with E-state index in [-0.39, 0.29) is 6.54 Å². The average molecular weight is 294 g/mol. The highest BCUT2D eigenvalue weighted by molar-refractivity contribution is 6.31. The Bertz CT molecular complexity index is 596. The molecule has 1 fully saturated rings. The monoisotopic (exact) mass is 293 g/mol. The largest absolute Gasteiger partial charge is 0.493 e. The summed E-state index contributed by atoms with van der Waals surface area (Å²) in [6.45, 7) is 0.957. The molecule has 0 bridgehead atoms. The normalized spacial score (nSPS) is 15.1. The Balaban J connectivity index is 1.78. The first-order valence-electron chi connectivity index (χ1n) is 6.71. The Kier molecular flexibility index (Phi) is 3.89. The van der Waals surface area contributed by atoms with Gasteiger partial charge >= 0.3 is 0 Å². The van der Waals surface area contributed by atoms with Gasteiger partial charge in [-0.1, -0.05) is 23.2 Å². The Morgan fingerprint density at radius 3 is 2.85 bits per heavy atom. The second-order valence-corrected chi connectivity index (χ2v) is 5.44. The molecule has 1 saturated carbocycles. The summed E-state index contributed by atoms with van der Waals surface area (Å²) in [6.07, 6.45) is 3.80. The number of halogens is 1. The number of nitrogens with two attached hydrogens (primary N) is 1. The summed E-state index contributed by atoms with van der Waals surface area (Å²) < 4.78 is 10.8. The van der Waals surface area contributed by atoms with Crippen molar-refractivity contribution in [2.45, 2.75) is 25.8 Å². The van der Waals surface area contributed by atoms with E-state index in [4.69, 9.17) is 26.6 Å². The Labute approximate surface area is 122 Å². The second kappa shape index (κ2) is 5.81. The highest BCUT2D eigenvalue weighted by Crippen LogP contribution is 2.30. The Morgan fingerprint density at radius 2 is 2.20 bits per heavy atom. The molecule has 20 heavy (non-hydrogen) atoms. The van der Waals surface area contributed by atoms with E-state index < -0.39 is 0 Å². The second-order valence-electron chi connectivity index (χ2n) is 5.00. The maximum absolute atomic E-state index is 6.11. The molecule has 0 radical (unpaired) electrons. The van der Waals surface area contributed by atoms with E-state index in [9.17, 15) is 0 Å². The van der Waals surface area contributed by atoms with Crippen LogP contribution in [0.25, 0.3) is 11.4 Å². The third-order valence-corrected chi connectivity index (χ3v) is 3.70. The molecule has 6 heteroatoms. The summed E-state index contributed by atoms with van der Waals surface area (Å²) in [6, 6.07) is 5.45. The lowest BCUT2D eigenvalue weighted by Crippen LogP contribution is -2.19. The zero-order chi connectivity index (χ0) is 13.9. The van der Waals surface area contributed by atoms with E-state index in [1.54, 1.807) is 12.1 Å². The zero-order valence-corrected chi connectivity index (χ0v) is 11.8. The maximum Gasteiger partial charge on any atom is 0.240 e. The van der Waals surface area contributed by atoms with Crippen LogP contribution in [-0.4, -0.2) is 16.7 Å². The van der Waals surface area contributed by atoms with Gasteiger partial charge in [0, 0.05) is 10.6 Å². The third kappa shape index (κ3) is 2.94. The fourth-order valence-electron chi connectivity index (χ4n) is 2.10. The van der Waals surface area contributed by atoms with Crippen molar-refractivity contribution in [1.82, 2.24) is 10.1 Å². The number of ether oxygens (including phenoxy) is 1. The Hall–Kier alpha value is -1.59. The number of hydrogen-bond acceptors (Lipinski definition) is 5. The molecule has 0 spiro atoms. The molecule has 0 saturated heterocycles. The van der Waals surface area contributed by atoms with Crippen LogP contribution < -0.4 is 10.5 Å². The minimum absolute atomic E-state index is 0.221. The molecule has 1 aliphatic carbocycles. The van der Waals surface area contributed by atoms with Crippen molar-refractivity contribution in [2.75, 3.05) is 6.61 Å². The van der Waals surface area contributed by atoms with E-state index in [0.29, 0.717) is 22.7 Å². The number of rotatable bonds is 5. The van der Waals surface area contributed by atoms with E-state index in [2.05, 4.69) is 10.1 Å². The lowest BCUT2D eigenvalue weighted by Gasteiger charge is -2.25. The van der Waals surface area contributed by atoms with Crippen LogP contribution in [0.5, 0.6) is 5.75 Å². The first-order valence-corrected chi connectivity index (χ1v) is 7.09. The zero-order valence-electron chi connectivity index (χ0n) is 11.0. The minimum Gasteiger partial charge on any atom is -0.493 e. The lowest BCUT2D eigenvalue weighted by atomic mass is 9.86. The smallest absolute Gasteiger partial charge is 0.240 e. The molecule has 1 aromatic heterocycles. The fourth-order valence-corrected chi connectivity index (χ4v) is 2.33. The van der Waals surface area contributed by atoms with Gasteiger partial charge in [0.1, 0.15) is 5.75 Å². The lowest BCUT2D eigenvalue weighted by molar-refractivity contribution is 0.180. The molecule has 0 aliphatic heterocycles. The molecule has 2 aromatic rings. The summed E-state index contributed by atoms with van der Waals surface area (Å²) in [5.41, 5.74) is 6.22. The molecular formula is C14H16ClN3O2. The maximum atomic E-state index is 6.11. The summed E-state index contributed by atoms with van der Waals surface area (Å²) >= 11 is 6.11. The highest BCUT2D eigenvalue weighted by Gasteiger charge is 2.18. The first-order chi connectivity index (χ1) is 9.74. The topological polar surface area (TPSA) is 74.2 Å². The van der Waals surface area contributed by atoms with Crippen molar-refractivity contribution in [1.29, 1.82) is 0 Å². The molecule has 1 heterocycles. The van der Waals surface area contributed by atoms with Gasteiger partial charge in [0.05, 0.1) is 13.2 Å². The summed E-state index contributed by atoms with van der Waals surface area (Å²) in [7, 11) is 0. The van der Waals surface area contributed by atoms with Crippen molar-refractivity contribution in [2.24, 2.45) is 11.7 Å². The van der Waals surface area contributed by atoms with Gasteiger partial charge in [-0.3, -0.25) is 0 Å². The van der Waals surface area contributed by atoms with Gasteiger partial charge in [-0.05, 0) is 37.0 Å². The SMILES string of the molecule is NCc1nc(-c2cc(Cl)cc(OCC3CCC3)c2)no1. The van der Waals surface area contributed by atoms with Crippen molar-refractivity contribution in [3.05, 3.63) is 29.1 Å². The molecule has 106 valence electrons. The number of aromatic nitrogens is 2. The predicted octanol–water partition coefficient (Wildman–Crippen LogP) is 3.03. The number of benzene rings is 1. The van der Waals surface area contributed by atoms with Crippen molar-refractivity contribution >= 4 is 11.6 Å². The molecule has 3 rings (SSSR count). The quantitative estimate of drug-likeness (QED) is 0.917. The van der Waals surface area contributed by atoms with Gasteiger partial charge in [0.25, 0.3) is 0 Å². The van der Waals surface area contributed by atoms with E-state index in [1.807, 2.05) is 6.07 Å². The molecule has 0 amide bonds. The van der Waals surface area contributed by atoms with Crippen molar-refractivity contribution in [3.8, 4) is 17.1 Å². The van der Waals surface area contributed by atoms with Crippen LogP contribution in [-0.2, 0) is 6.54 Å². The summed E-state index contributed by atoms with van der Waals surface area (Å²) in [5, 5.41) is 4.47. The molecule has 0 atom stereocenters. The number of hydrogen-bond donors (Lipinski definition) is 1. The summed E-state index contributed by atoms with van der Waals surface area (Å²) in [5.74, 6) is 2.28. The number of nitrogens with zero attached hydrogens (tertiary/aromatic N) is 2. The average Bonchev–Trinajstić information content (AvgIpc) is 2.85. The first kappa shape index (κ1) is 13.4.